The van der Waals surface area contributed by atoms with Crippen molar-refractivity contribution < 1.29 is 9.90 Å². The normalized spacial score (nSPS) is 14.6. The molecular formula is C13H18N2O2. The number of hydrogen-bond acceptors (Lipinski definition) is 3. The average Bonchev–Trinajstić information content (AvgIpc) is 3.14. The monoisotopic (exact) mass is 234 g/mol. The predicted molar refractivity (Wildman–Crippen MR) is 65.6 cm³/mol. The number of phenols is 1. The molecule has 0 aromatic heterocycles. The summed E-state index contributed by atoms with van der Waals surface area (Å²) in [5, 5.41) is 12.2. The molecule has 0 atom stereocenters. The summed E-state index contributed by atoms with van der Waals surface area (Å²) >= 11 is 0. The smallest absolute Gasteiger partial charge is 0.236 e. The quantitative estimate of drug-likeness (QED) is 0.802. The Hall–Kier alpha value is -1.55. The molecule has 0 bridgehead atoms. The minimum absolute atomic E-state index is 0.145. The number of nitrogens with one attached hydrogen (secondary N) is 1. The van der Waals surface area contributed by atoms with Gasteiger partial charge in [-0.2, -0.15) is 0 Å². The minimum Gasteiger partial charge on any atom is -0.508 e. The van der Waals surface area contributed by atoms with Crippen LogP contribution >= 0.6 is 0 Å². The Morgan fingerprint density at radius 2 is 2.06 bits per heavy atom. The van der Waals surface area contributed by atoms with Gasteiger partial charge in [0.1, 0.15) is 5.75 Å². The van der Waals surface area contributed by atoms with E-state index in [2.05, 4.69) is 5.32 Å². The van der Waals surface area contributed by atoms with E-state index >= 15 is 0 Å². The summed E-state index contributed by atoms with van der Waals surface area (Å²) in [5.74, 6) is 0.407. The second-order valence-corrected chi connectivity index (χ2v) is 4.51. The number of carbonyl (C=O) groups is 1. The van der Waals surface area contributed by atoms with Crippen LogP contribution in [0.25, 0.3) is 0 Å². The van der Waals surface area contributed by atoms with E-state index < -0.39 is 0 Å². The number of benzene rings is 1. The number of nitrogens with zero attached hydrogens (tertiary/aromatic N) is 1. The zero-order chi connectivity index (χ0) is 12.3. The zero-order valence-electron chi connectivity index (χ0n) is 10.0. The lowest BCUT2D eigenvalue weighted by Gasteiger charge is -2.16. The standard InChI is InChI=1S/C13H18N2O2/c1-15(11-4-5-11)13(17)9-14-8-10-2-6-12(16)7-3-10/h2-3,6-7,11,14,16H,4-5,8-9H2,1H3. The van der Waals surface area contributed by atoms with Crippen molar-refractivity contribution in [3.05, 3.63) is 29.8 Å². The van der Waals surface area contributed by atoms with Gasteiger partial charge in [-0.15, -0.1) is 0 Å². The number of carbonyl (C=O) groups excluding carboxylic acids is 1. The molecule has 1 aliphatic rings. The summed E-state index contributed by atoms with van der Waals surface area (Å²) in [5.41, 5.74) is 1.06. The molecule has 1 aromatic rings. The fourth-order valence-corrected chi connectivity index (χ4v) is 1.72. The molecule has 1 aromatic carbocycles. The van der Waals surface area contributed by atoms with Crippen LogP contribution in [0.3, 0.4) is 0 Å². The van der Waals surface area contributed by atoms with Gasteiger partial charge < -0.3 is 15.3 Å². The Morgan fingerprint density at radius 3 is 2.65 bits per heavy atom. The average molecular weight is 234 g/mol. The van der Waals surface area contributed by atoms with E-state index in [1.165, 1.54) is 0 Å². The third kappa shape index (κ3) is 3.46. The maximum atomic E-state index is 11.7. The third-order valence-corrected chi connectivity index (χ3v) is 3.03. The maximum absolute atomic E-state index is 11.7. The maximum Gasteiger partial charge on any atom is 0.236 e. The van der Waals surface area contributed by atoms with Crippen molar-refractivity contribution in [2.24, 2.45) is 0 Å². The molecule has 0 heterocycles. The van der Waals surface area contributed by atoms with Gasteiger partial charge in [-0.3, -0.25) is 4.79 Å². The molecule has 0 saturated heterocycles. The van der Waals surface area contributed by atoms with Gasteiger partial charge in [-0.05, 0) is 30.5 Å². The van der Waals surface area contributed by atoms with Gasteiger partial charge >= 0.3 is 0 Å². The minimum atomic E-state index is 0.145. The number of amides is 1. The van der Waals surface area contributed by atoms with E-state index in [4.69, 9.17) is 5.11 Å². The highest BCUT2D eigenvalue weighted by molar-refractivity contribution is 5.78. The van der Waals surface area contributed by atoms with Crippen LogP contribution in [0.15, 0.2) is 24.3 Å². The number of phenolic OH excluding ortho intramolecular Hbond substituents is 1. The fourth-order valence-electron chi connectivity index (χ4n) is 1.72. The van der Waals surface area contributed by atoms with Crippen LogP contribution in [0.1, 0.15) is 18.4 Å². The zero-order valence-corrected chi connectivity index (χ0v) is 10.0. The molecule has 1 aliphatic carbocycles. The van der Waals surface area contributed by atoms with Crippen LogP contribution in [0.2, 0.25) is 0 Å². The van der Waals surface area contributed by atoms with Crippen LogP contribution < -0.4 is 5.32 Å². The second kappa shape index (κ2) is 5.19. The van der Waals surface area contributed by atoms with E-state index in [-0.39, 0.29) is 11.7 Å². The Labute approximate surface area is 101 Å². The molecular weight excluding hydrogens is 216 g/mol. The van der Waals surface area contributed by atoms with E-state index in [1.807, 2.05) is 24.1 Å². The lowest BCUT2D eigenvalue weighted by molar-refractivity contribution is -0.129. The number of hydrogen-bond donors (Lipinski definition) is 2. The van der Waals surface area contributed by atoms with Crippen molar-refractivity contribution in [1.82, 2.24) is 10.2 Å². The Bertz CT molecular complexity index is 385. The number of rotatable bonds is 5. The fraction of sp³-hybridized carbons (Fsp3) is 0.462. The Balaban J connectivity index is 1.71. The molecule has 17 heavy (non-hydrogen) atoms. The van der Waals surface area contributed by atoms with Gasteiger partial charge in [0.05, 0.1) is 6.54 Å². The summed E-state index contributed by atoms with van der Waals surface area (Å²) in [7, 11) is 1.86. The predicted octanol–water partition coefficient (Wildman–Crippen LogP) is 1.10. The first kappa shape index (κ1) is 11.9. The van der Waals surface area contributed by atoms with Gasteiger partial charge in [0, 0.05) is 19.6 Å². The highest BCUT2D eigenvalue weighted by Crippen LogP contribution is 2.25. The highest BCUT2D eigenvalue weighted by atomic mass is 16.3. The molecule has 4 nitrogen and oxygen atoms in total. The molecule has 92 valence electrons. The lowest BCUT2D eigenvalue weighted by atomic mass is 10.2. The molecule has 0 aliphatic heterocycles. The molecule has 0 spiro atoms. The van der Waals surface area contributed by atoms with Crippen molar-refractivity contribution in [3.63, 3.8) is 0 Å². The van der Waals surface area contributed by atoms with E-state index in [9.17, 15) is 4.79 Å². The molecule has 1 fully saturated rings. The Kier molecular flexibility index (Phi) is 3.64. The van der Waals surface area contributed by atoms with Crippen molar-refractivity contribution >= 4 is 5.91 Å². The van der Waals surface area contributed by atoms with Crippen LogP contribution in [-0.4, -0.2) is 35.5 Å². The number of aromatic hydroxyl groups is 1. The summed E-state index contributed by atoms with van der Waals surface area (Å²) in [6, 6.07) is 7.46. The first-order valence-electron chi connectivity index (χ1n) is 5.91. The van der Waals surface area contributed by atoms with Crippen molar-refractivity contribution in [3.8, 4) is 5.75 Å². The van der Waals surface area contributed by atoms with E-state index in [0.717, 1.165) is 18.4 Å². The first-order valence-corrected chi connectivity index (χ1v) is 5.91. The van der Waals surface area contributed by atoms with Crippen LogP contribution in [-0.2, 0) is 11.3 Å². The van der Waals surface area contributed by atoms with Gasteiger partial charge in [0.15, 0.2) is 0 Å². The SMILES string of the molecule is CN(C(=O)CNCc1ccc(O)cc1)C1CC1. The van der Waals surface area contributed by atoms with Gasteiger partial charge in [-0.25, -0.2) is 0 Å². The molecule has 0 unspecified atom stereocenters. The highest BCUT2D eigenvalue weighted by Gasteiger charge is 2.28. The van der Waals surface area contributed by atoms with E-state index in [0.29, 0.717) is 19.1 Å². The molecule has 2 rings (SSSR count). The molecule has 2 N–H and O–H groups in total. The van der Waals surface area contributed by atoms with Gasteiger partial charge in [-0.1, -0.05) is 12.1 Å². The van der Waals surface area contributed by atoms with Crippen LogP contribution in [0.4, 0.5) is 0 Å². The van der Waals surface area contributed by atoms with Crippen molar-refractivity contribution in [1.29, 1.82) is 0 Å². The summed E-state index contributed by atoms with van der Waals surface area (Å²) in [4.78, 5) is 13.5. The summed E-state index contributed by atoms with van der Waals surface area (Å²) in [6.45, 7) is 1.01. The molecule has 1 saturated carbocycles. The summed E-state index contributed by atoms with van der Waals surface area (Å²) < 4.78 is 0. The molecule has 1 amide bonds. The third-order valence-electron chi connectivity index (χ3n) is 3.03. The van der Waals surface area contributed by atoms with Crippen molar-refractivity contribution in [2.45, 2.75) is 25.4 Å². The van der Waals surface area contributed by atoms with Crippen molar-refractivity contribution in [2.75, 3.05) is 13.6 Å². The lowest BCUT2D eigenvalue weighted by Crippen LogP contribution is -2.36. The summed E-state index contributed by atoms with van der Waals surface area (Å²) in [6.07, 6.45) is 2.28. The number of likely N-dealkylation sites (N-methyl/N-ethyl adjacent to an activating group) is 1. The first-order chi connectivity index (χ1) is 8.16. The molecule has 4 heteroatoms. The van der Waals surface area contributed by atoms with Gasteiger partial charge in [0.25, 0.3) is 0 Å². The largest absolute Gasteiger partial charge is 0.508 e. The second-order valence-electron chi connectivity index (χ2n) is 4.51. The van der Waals surface area contributed by atoms with Crippen LogP contribution in [0.5, 0.6) is 5.75 Å². The van der Waals surface area contributed by atoms with Gasteiger partial charge in [0.2, 0.25) is 5.91 Å². The van der Waals surface area contributed by atoms with Crippen LogP contribution in [0, 0.1) is 0 Å². The topological polar surface area (TPSA) is 52.6 Å². The Morgan fingerprint density at radius 1 is 1.41 bits per heavy atom. The molecule has 0 radical (unpaired) electrons. The van der Waals surface area contributed by atoms with E-state index in [1.54, 1.807) is 12.1 Å².